The van der Waals surface area contributed by atoms with Gasteiger partial charge in [0.25, 0.3) is 5.91 Å². The Morgan fingerprint density at radius 1 is 1.40 bits per heavy atom. The lowest BCUT2D eigenvalue weighted by Gasteiger charge is -2.31. The highest BCUT2D eigenvalue weighted by molar-refractivity contribution is 5.90. The molecular weight excluding hydrogens is 260 g/mol. The van der Waals surface area contributed by atoms with E-state index in [0.717, 1.165) is 12.8 Å². The number of hydrogen-bond donors (Lipinski definition) is 1. The number of H-pyrrole nitrogens is 1. The number of piperidine rings is 1. The second kappa shape index (κ2) is 7.35. The van der Waals surface area contributed by atoms with Crippen LogP contribution >= 0.6 is 0 Å². The van der Waals surface area contributed by atoms with E-state index in [-0.39, 0.29) is 17.8 Å². The van der Waals surface area contributed by atoms with Gasteiger partial charge in [-0.3, -0.25) is 9.89 Å². The van der Waals surface area contributed by atoms with Crippen LogP contribution in [0, 0.1) is 6.92 Å². The van der Waals surface area contributed by atoms with Crippen molar-refractivity contribution in [1.82, 2.24) is 20.1 Å². The summed E-state index contributed by atoms with van der Waals surface area (Å²) in [7, 11) is 0. The average molecular weight is 282 g/mol. The zero-order valence-corrected chi connectivity index (χ0v) is 12.1. The van der Waals surface area contributed by atoms with Crippen molar-refractivity contribution in [2.45, 2.75) is 32.8 Å². The van der Waals surface area contributed by atoms with Gasteiger partial charge >= 0.3 is 0 Å². The number of rotatable bonds is 6. The molecule has 0 aliphatic carbocycles. The molecule has 0 spiro atoms. The maximum absolute atomic E-state index is 12.1. The second-order valence-electron chi connectivity index (χ2n) is 4.80. The van der Waals surface area contributed by atoms with Crippen LogP contribution in [0.3, 0.4) is 0 Å². The maximum atomic E-state index is 12.1. The van der Waals surface area contributed by atoms with Gasteiger partial charge in [0.2, 0.25) is 5.82 Å². The summed E-state index contributed by atoms with van der Waals surface area (Å²) < 4.78 is 11.0. The van der Waals surface area contributed by atoms with Crippen LogP contribution in [0.4, 0.5) is 0 Å². The first-order chi connectivity index (χ1) is 9.70. The van der Waals surface area contributed by atoms with Crippen molar-refractivity contribution >= 4 is 5.91 Å². The first-order valence-corrected chi connectivity index (χ1v) is 7.08. The number of aromatic amines is 1. The highest BCUT2D eigenvalue weighted by Gasteiger charge is 2.26. The van der Waals surface area contributed by atoms with Crippen molar-refractivity contribution in [2.24, 2.45) is 0 Å². The van der Waals surface area contributed by atoms with Gasteiger partial charge in [-0.2, -0.15) is 0 Å². The van der Waals surface area contributed by atoms with Crippen molar-refractivity contribution in [1.29, 1.82) is 0 Å². The number of nitrogens with zero attached hydrogens (tertiary/aromatic N) is 3. The lowest BCUT2D eigenvalue weighted by molar-refractivity contribution is -0.0184. The molecule has 1 saturated heterocycles. The van der Waals surface area contributed by atoms with Gasteiger partial charge in [-0.05, 0) is 26.7 Å². The lowest BCUT2D eigenvalue weighted by Crippen LogP contribution is -2.41. The highest BCUT2D eigenvalue weighted by Crippen LogP contribution is 2.15. The minimum atomic E-state index is -0.109. The Kier molecular flexibility index (Phi) is 5.49. The molecular formula is C13H22N4O3. The fraction of sp³-hybridized carbons (Fsp3) is 0.769. The largest absolute Gasteiger partial charge is 0.379 e. The Labute approximate surface area is 118 Å². The molecule has 0 bridgehead atoms. The highest BCUT2D eigenvalue weighted by atomic mass is 16.5. The molecule has 112 valence electrons. The normalized spacial score (nSPS) is 16.6. The van der Waals surface area contributed by atoms with Crippen LogP contribution in [0.5, 0.6) is 0 Å². The summed E-state index contributed by atoms with van der Waals surface area (Å²) in [6.07, 6.45) is 1.91. The third-order valence-electron chi connectivity index (χ3n) is 3.30. The molecule has 1 aliphatic rings. The molecule has 0 aromatic carbocycles. The molecule has 1 N–H and O–H groups in total. The predicted octanol–water partition coefficient (Wildman–Crippen LogP) is 0.771. The monoisotopic (exact) mass is 282 g/mol. The van der Waals surface area contributed by atoms with E-state index in [1.54, 1.807) is 11.8 Å². The van der Waals surface area contributed by atoms with E-state index in [0.29, 0.717) is 38.7 Å². The summed E-state index contributed by atoms with van der Waals surface area (Å²) in [5.74, 6) is 0.794. The Balaban J connectivity index is 1.72. The van der Waals surface area contributed by atoms with Crippen LogP contribution < -0.4 is 0 Å². The molecule has 1 fully saturated rings. The fourth-order valence-electron chi connectivity index (χ4n) is 2.22. The van der Waals surface area contributed by atoms with Crippen LogP contribution in [-0.4, -0.2) is 65.0 Å². The zero-order chi connectivity index (χ0) is 14.4. The van der Waals surface area contributed by atoms with E-state index >= 15 is 0 Å². The lowest BCUT2D eigenvalue weighted by atomic mass is 10.1. The summed E-state index contributed by atoms with van der Waals surface area (Å²) in [6.45, 7) is 7.08. The minimum Gasteiger partial charge on any atom is -0.379 e. The average Bonchev–Trinajstić information content (AvgIpc) is 2.90. The Hall–Kier alpha value is -1.47. The van der Waals surface area contributed by atoms with Gasteiger partial charge in [-0.15, -0.1) is 5.10 Å². The standard InChI is InChI=1S/C13H22N4O3/c1-3-19-8-9-20-11-4-6-17(7-5-11)13(18)12-14-10(2)15-16-12/h11H,3-9H2,1-2H3,(H,14,15,16). The fourth-order valence-corrected chi connectivity index (χ4v) is 2.22. The van der Waals surface area contributed by atoms with E-state index in [1.807, 2.05) is 6.92 Å². The molecule has 1 amide bonds. The number of amides is 1. The minimum absolute atomic E-state index is 0.109. The van der Waals surface area contributed by atoms with Crippen LogP contribution in [0.15, 0.2) is 0 Å². The summed E-state index contributed by atoms with van der Waals surface area (Å²) >= 11 is 0. The first kappa shape index (κ1) is 14.9. The zero-order valence-electron chi connectivity index (χ0n) is 12.1. The number of aryl methyl sites for hydroxylation is 1. The van der Waals surface area contributed by atoms with Crippen molar-refractivity contribution in [3.8, 4) is 0 Å². The molecule has 2 rings (SSSR count). The molecule has 0 saturated carbocycles. The van der Waals surface area contributed by atoms with Crippen molar-refractivity contribution in [2.75, 3.05) is 32.9 Å². The molecule has 0 atom stereocenters. The Morgan fingerprint density at radius 3 is 2.75 bits per heavy atom. The van der Waals surface area contributed by atoms with E-state index in [9.17, 15) is 4.79 Å². The van der Waals surface area contributed by atoms with Gasteiger partial charge < -0.3 is 14.4 Å². The SMILES string of the molecule is CCOCCOC1CCN(C(=O)c2n[nH]c(C)n2)CC1. The third kappa shape index (κ3) is 4.01. The topological polar surface area (TPSA) is 80.3 Å². The maximum Gasteiger partial charge on any atom is 0.293 e. The molecule has 0 radical (unpaired) electrons. The Morgan fingerprint density at radius 2 is 2.15 bits per heavy atom. The van der Waals surface area contributed by atoms with Gasteiger partial charge in [0.1, 0.15) is 5.82 Å². The van der Waals surface area contributed by atoms with E-state index in [1.165, 1.54) is 0 Å². The van der Waals surface area contributed by atoms with Gasteiger partial charge in [0.15, 0.2) is 0 Å². The number of carbonyl (C=O) groups is 1. The molecule has 1 aromatic heterocycles. The van der Waals surface area contributed by atoms with Gasteiger partial charge in [0.05, 0.1) is 19.3 Å². The molecule has 7 nitrogen and oxygen atoms in total. The number of carbonyl (C=O) groups excluding carboxylic acids is 1. The van der Waals surface area contributed by atoms with Crippen molar-refractivity contribution in [3.63, 3.8) is 0 Å². The molecule has 1 aromatic rings. The van der Waals surface area contributed by atoms with Crippen molar-refractivity contribution < 1.29 is 14.3 Å². The van der Waals surface area contributed by atoms with Crippen LogP contribution in [0.25, 0.3) is 0 Å². The molecule has 7 heteroatoms. The first-order valence-electron chi connectivity index (χ1n) is 7.08. The number of ether oxygens (including phenoxy) is 2. The molecule has 0 unspecified atom stereocenters. The van der Waals surface area contributed by atoms with Crippen LogP contribution in [0.1, 0.15) is 36.2 Å². The number of hydrogen-bond acceptors (Lipinski definition) is 5. The predicted molar refractivity (Wildman–Crippen MR) is 72.5 cm³/mol. The third-order valence-corrected chi connectivity index (χ3v) is 3.30. The van der Waals surface area contributed by atoms with E-state index < -0.39 is 0 Å². The van der Waals surface area contributed by atoms with Gasteiger partial charge in [0, 0.05) is 19.7 Å². The van der Waals surface area contributed by atoms with Gasteiger partial charge in [-0.25, -0.2) is 4.98 Å². The van der Waals surface area contributed by atoms with Crippen molar-refractivity contribution in [3.05, 3.63) is 11.6 Å². The summed E-state index contributed by atoms with van der Waals surface area (Å²) in [6, 6.07) is 0. The van der Waals surface area contributed by atoms with E-state index in [4.69, 9.17) is 9.47 Å². The molecule has 2 heterocycles. The summed E-state index contributed by atoms with van der Waals surface area (Å²) in [4.78, 5) is 18.0. The second-order valence-corrected chi connectivity index (χ2v) is 4.80. The van der Waals surface area contributed by atoms with E-state index in [2.05, 4.69) is 15.2 Å². The smallest absolute Gasteiger partial charge is 0.293 e. The number of aromatic nitrogens is 3. The van der Waals surface area contributed by atoms with Gasteiger partial charge in [-0.1, -0.05) is 0 Å². The molecule has 20 heavy (non-hydrogen) atoms. The number of nitrogens with one attached hydrogen (secondary N) is 1. The quantitative estimate of drug-likeness (QED) is 0.780. The number of likely N-dealkylation sites (tertiary alicyclic amines) is 1. The van der Waals surface area contributed by atoms with Crippen LogP contribution in [0.2, 0.25) is 0 Å². The van der Waals surface area contributed by atoms with Crippen LogP contribution in [-0.2, 0) is 9.47 Å². The summed E-state index contributed by atoms with van der Waals surface area (Å²) in [5.41, 5.74) is 0. The molecule has 1 aliphatic heterocycles. The summed E-state index contributed by atoms with van der Waals surface area (Å²) in [5, 5.41) is 6.59. The Bertz CT molecular complexity index is 427.